The van der Waals surface area contributed by atoms with Crippen molar-refractivity contribution in [1.82, 2.24) is 10.2 Å². The van der Waals surface area contributed by atoms with Crippen molar-refractivity contribution in [2.24, 2.45) is 0 Å². The molecule has 0 unspecified atom stereocenters. The summed E-state index contributed by atoms with van der Waals surface area (Å²) in [4.78, 5) is 27.3. The van der Waals surface area contributed by atoms with Crippen molar-refractivity contribution in [3.63, 3.8) is 0 Å². The van der Waals surface area contributed by atoms with Gasteiger partial charge in [-0.1, -0.05) is 55.5 Å². The third-order valence-corrected chi connectivity index (χ3v) is 6.03. The smallest absolute Gasteiger partial charge is 0.242 e. The number of hydrogen-bond donors (Lipinski definition) is 1. The summed E-state index contributed by atoms with van der Waals surface area (Å²) in [6.45, 7) is 9.01. The molecule has 2 aromatic carbocycles. The van der Waals surface area contributed by atoms with Crippen LogP contribution in [-0.4, -0.2) is 35.1 Å². The highest BCUT2D eigenvalue weighted by atomic mass is 32.2. The molecular formula is C24H32N2O2S. The Labute approximate surface area is 179 Å². The Hall–Kier alpha value is -2.27. The van der Waals surface area contributed by atoms with Gasteiger partial charge in [-0.25, -0.2) is 0 Å². The average Bonchev–Trinajstić information content (AvgIpc) is 2.72. The van der Waals surface area contributed by atoms with Crippen molar-refractivity contribution in [1.29, 1.82) is 0 Å². The average molecular weight is 413 g/mol. The van der Waals surface area contributed by atoms with Gasteiger partial charge >= 0.3 is 0 Å². The monoisotopic (exact) mass is 412 g/mol. The third kappa shape index (κ3) is 6.93. The Balaban J connectivity index is 2.08. The molecule has 0 spiro atoms. The van der Waals surface area contributed by atoms with Gasteiger partial charge in [0.25, 0.3) is 0 Å². The highest BCUT2D eigenvalue weighted by Gasteiger charge is 2.26. The molecule has 29 heavy (non-hydrogen) atoms. The Kier molecular flexibility index (Phi) is 9.26. The van der Waals surface area contributed by atoms with E-state index in [9.17, 15) is 9.59 Å². The Morgan fingerprint density at radius 1 is 1.00 bits per heavy atom. The molecule has 0 radical (unpaired) electrons. The lowest BCUT2D eigenvalue weighted by atomic mass is 10.1. The summed E-state index contributed by atoms with van der Waals surface area (Å²) < 4.78 is 0. The van der Waals surface area contributed by atoms with Gasteiger partial charge in [-0.3, -0.25) is 9.59 Å². The fourth-order valence-corrected chi connectivity index (χ4v) is 4.04. The molecule has 1 atom stereocenters. The van der Waals surface area contributed by atoms with Crippen LogP contribution in [0.2, 0.25) is 0 Å². The standard InChI is InChI=1S/C24H32N2O2S/c1-5-14-25-24(28)20(4)26(15-21-12-8-6-10-18(21)2)23(27)17-29-16-22-13-9-7-11-19(22)3/h6-13,20H,5,14-17H2,1-4H3,(H,25,28)/t20-/m1/s1. The van der Waals surface area contributed by atoms with Crippen LogP contribution in [0.4, 0.5) is 0 Å². The van der Waals surface area contributed by atoms with Crippen LogP contribution in [0.3, 0.4) is 0 Å². The van der Waals surface area contributed by atoms with Gasteiger partial charge < -0.3 is 10.2 Å². The van der Waals surface area contributed by atoms with E-state index in [0.717, 1.165) is 23.3 Å². The molecule has 2 amide bonds. The van der Waals surface area contributed by atoms with Gasteiger partial charge in [0.1, 0.15) is 6.04 Å². The number of nitrogens with zero attached hydrogens (tertiary/aromatic N) is 1. The summed E-state index contributed by atoms with van der Waals surface area (Å²) in [6, 6.07) is 15.7. The van der Waals surface area contributed by atoms with Crippen molar-refractivity contribution in [2.45, 2.75) is 52.5 Å². The molecular weight excluding hydrogens is 380 g/mol. The number of hydrogen-bond acceptors (Lipinski definition) is 3. The molecule has 5 heteroatoms. The lowest BCUT2D eigenvalue weighted by Gasteiger charge is -2.29. The number of benzene rings is 2. The van der Waals surface area contributed by atoms with Crippen LogP contribution in [-0.2, 0) is 21.9 Å². The van der Waals surface area contributed by atoms with Crippen molar-refractivity contribution >= 4 is 23.6 Å². The van der Waals surface area contributed by atoms with E-state index in [4.69, 9.17) is 0 Å². The topological polar surface area (TPSA) is 49.4 Å². The molecule has 2 aromatic rings. The van der Waals surface area contributed by atoms with E-state index in [0.29, 0.717) is 18.8 Å². The van der Waals surface area contributed by atoms with Crippen molar-refractivity contribution < 1.29 is 9.59 Å². The number of carbonyl (C=O) groups excluding carboxylic acids is 2. The van der Waals surface area contributed by atoms with E-state index in [1.807, 2.05) is 57.2 Å². The molecule has 4 nitrogen and oxygen atoms in total. The Morgan fingerprint density at radius 2 is 1.59 bits per heavy atom. The summed E-state index contributed by atoms with van der Waals surface area (Å²) >= 11 is 1.60. The molecule has 156 valence electrons. The fraction of sp³-hybridized carbons (Fsp3) is 0.417. The lowest BCUT2D eigenvalue weighted by Crippen LogP contribution is -2.48. The van der Waals surface area contributed by atoms with Crippen LogP contribution in [0.25, 0.3) is 0 Å². The first-order valence-electron chi connectivity index (χ1n) is 10.2. The molecule has 0 saturated carbocycles. The molecule has 0 saturated heterocycles. The summed E-state index contributed by atoms with van der Waals surface area (Å²) in [5.41, 5.74) is 4.67. The van der Waals surface area contributed by atoms with Crippen molar-refractivity contribution in [3.8, 4) is 0 Å². The fourth-order valence-electron chi connectivity index (χ4n) is 3.05. The SMILES string of the molecule is CCCNC(=O)[C@@H](C)N(Cc1ccccc1C)C(=O)CSCc1ccccc1C. The van der Waals surface area contributed by atoms with Gasteiger partial charge in [0.05, 0.1) is 5.75 Å². The van der Waals surface area contributed by atoms with Crippen molar-refractivity contribution in [2.75, 3.05) is 12.3 Å². The first kappa shape index (κ1) is 23.0. The zero-order valence-corrected chi connectivity index (χ0v) is 18.7. The minimum Gasteiger partial charge on any atom is -0.354 e. The first-order chi connectivity index (χ1) is 13.9. The van der Waals surface area contributed by atoms with Crippen LogP contribution in [0, 0.1) is 13.8 Å². The zero-order valence-electron chi connectivity index (χ0n) is 17.9. The molecule has 0 aromatic heterocycles. The number of nitrogens with one attached hydrogen (secondary N) is 1. The van der Waals surface area contributed by atoms with Gasteiger partial charge in [0.2, 0.25) is 11.8 Å². The number of thioether (sulfide) groups is 1. The number of aryl methyl sites for hydroxylation is 2. The highest BCUT2D eigenvalue weighted by molar-refractivity contribution is 7.99. The van der Waals surface area contributed by atoms with Crippen LogP contribution in [0.15, 0.2) is 48.5 Å². The highest BCUT2D eigenvalue weighted by Crippen LogP contribution is 2.19. The van der Waals surface area contributed by atoms with Gasteiger partial charge in [-0.05, 0) is 49.4 Å². The molecule has 1 N–H and O–H groups in total. The van der Waals surface area contributed by atoms with Crippen LogP contribution >= 0.6 is 11.8 Å². The molecule has 2 rings (SSSR count). The van der Waals surface area contributed by atoms with E-state index in [1.54, 1.807) is 16.7 Å². The van der Waals surface area contributed by atoms with E-state index in [2.05, 4.69) is 24.4 Å². The molecule has 0 aliphatic heterocycles. The lowest BCUT2D eigenvalue weighted by molar-refractivity contribution is -0.138. The van der Waals surface area contributed by atoms with Gasteiger partial charge in [0.15, 0.2) is 0 Å². The predicted octanol–water partition coefficient (Wildman–Crippen LogP) is 4.48. The molecule has 0 bridgehead atoms. The van der Waals surface area contributed by atoms with Gasteiger partial charge in [0, 0.05) is 18.8 Å². The second kappa shape index (κ2) is 11.7. The third-order valence-electron chi connectivity index (χ3n) is 5.06. The van der Waals surface area contributed by atoms with Crippen LogP contribution in [0.1, 0.15) is 42.5 Å². The maximum Gasteiger partial charge on any atom is 0.242 e. The van der Waals surface area contributed by atoms with Gasteiger partial charge in [-0.2, -0.15) is 0 Å². The Bertz CT molecular complexity index is 822. The number of rotatable bonds is 10. The first-order valence-corrected chi connectivity index (χ1v) is 11.3. The molecule has 0 fully saturated rings. The zero-order chi connectivity index (χ0) is 21.2. The summed E-state index contributed by atoms with van der Waals surface area (Å²) in [5.74, 6) is 1.03. The van der Waals surface area contributed by atoms with Crippen LogP contribution < -0.4 is 5.32 Å². The summed E-state index contributed by atoms with van der Waals surface area (Å²) in [6.07, 6.45) is 0.872. The largest absolute Gasteiger partial charge is 0.354 e. The van der Waals surface area contributed by atoms with Gasteiger partial charge in [-0.15, -0.1) is 11.8 Å². The molecule has 0 aliphatic rings. The molecule has 0 heterocycles. The Morgan fingerprint density at radius 3 is 2.17 bits per heavy atom. The van der Waals surface area contributed by atoms with Crippen LogP contribution in [0.5, 0.6) is 0 Å². The maximum absolute atomic E-state index is 13.1. The number of amides is 2. The normalized spacial score (nSPS) is 11.7. The quantitative estimate of drug-likeness (QED) is 0.626. The summed E-state index contributed by atoms with van der Waals surface area (Å²) in [7, 11) is 0. The minimum absolute atomic E-state index is 0.00835. The molecule has 0 aliphatic carbocycles. The minimum atomic E-state index is -0.507. The second-order valence-electron chi connectivity index (χ2n) is 7.33. The predicted molar refractivity (Wildman–Crippen MR) is 122 cm³/mol. The maximum atomic E-state index is 13.1. The van der Waals surface area contributed by atoms with Crippen molar-refractivity contribution in [3.05, 3.63) is 70.8 Å². The van der Waals surface area contributed by atoms with E-state index < -0.39 is 6.04 Å². The summed E-state index contributed by atoms with van der Waals surface area (Å²) in [5, 5.41) is 2.92. The second-order valence-corrected chi connectivity index (χ2v) is 8.32. The van der Waals surface area contributed by atoms with E-state index in [1.165, 1.54) is 11.1 Å². The van der Waals surface area contributed by atoms with E-state index >= 15 is 0 Å². The van der Waals surface area contributed by atoms with E-state index in [-0.39, 0.29) is 11.8 Å². The number of carbonyl (C=O) groups is 2.